The molecule has 1 aliphatic rings. The van der Waals surface area contributed by atoms with Crippen molar-refractivity contribution in [3.8, 4) is 5.75 Å². The molecule has 1 aromatic rings. The van der Waals surface area contributed by atoms with Crippen LogP contribution in [0.15, 0.2) is 24.3 Å². The van der Waals surface area contributed by atoms with Crippen molar-refractivity contribution in [2.24, 2.45) is 5.92 Å². The summed E-state index contributed by atoms with van der Waals surface area (Å²) < 4.78 is 11.6. The Morgan fingerprint density at radius 1 is 1.19 bits per heavy atom. The summed E-state index contributed by atoms with van der Waals surface area (Å²) in [5, 5.41) is 0. The van der Waals surface area contributed by atoms with Crippen molar-refractivity contribution in [1.29, 1.82) is 0 Å². The molecule has 1 heterocycles. The fraction of sp³-hybridized carbons (Fsp3) is 0.684. The van der Waals surface area contributed by atoms with Crippen molar-refractivity contribution < 1.29 is 9.47 Å². The van der Waals surface area contributed by atoms with Gasteiger partial charge >= 0.3 is 0 Å². The molecule has 0 aromatic heterocycles. The number of benzene rings is 1. The summed E-state index contributed by atoms with van der Waals surface area (Å²) in [5.74, 6) is 1.74. The van der Waals surface area contributed by atoms with Gasteiger partial charge in [0.2, 0.25) is 0 Å². The van der Waals surface area contributed by atoms with Crippen LogP contribution in [0.5, 0.6) is 5.75 Å². The summed E-state index contributed by atoms with van der Waals surface area (Å²) >= 11 is 0. The van der Waals surface area contributed by atoms with E-state index in [1.165, 1.54) is 24.8 Å². The van der Waals surface area contributed by atoms with Gasteiger partial charge in [0.05, 0.1) is 18.3 Å². The van der Waals surface area contributed by atoms with Crippen molar-refractivity contribution in [1.82, 2.24) is 0 Å². The molecule has 21 heavy (non-hydrogen) atoms. The second kappa shape index (κ2) is 7.31. The summed E-state index contributed by atoms with van der Waals surface area (Å²) in [4.78, 5) is 0. The van der Waals surface area contributed by atoms with Crippen LogP contribution in [0.4, 0.5) is 0 Å². The maximum atomic E-state index is 5.85. The van der Waals surface area contributed by atoms with E-state index in [2.05, 4.69) is 52.0 Å². The van der Waals surface area contributed by atoms with E-state index in [4.69, 9.17) is 9.47 Å². The van der Waals surface area contributed by atoms with E-state index in [1.807, 2.05) is 0 Å². The number of ether oxygens (including phenoxy) is 2. The highest BCUT2D eigenvalue weighted by molar-refractivity contribution is 5.26. The van der Waals surface area contributed by atoms with Crippen molar-refractivity contribution >= 4 is 0 Å². The number of hydrogen-bond donors (Lipinski definition) is 0. The topological polar surface area (TPSA) is 21.8 Å². The molecular formula is C19H30O2. The monoisotopic (exact) mass is 290 g/mol. The van der Waals surface area contributed by atoms with E-state index < -0.39 is 0 Å². The first-order valence-corrected chi connectivity index (χ1v) is 8.44. The number of aryl methyl sites for hydroxylation is 1. The lowest BCUT2D eigenvalue weighted by atomic mass is 9.93. The maximum Gasteiger partial charge on any atom is 0.119 e. The standard InChI is InChI=1S/C19H30O2/c1-5-16(9-12-18-19(4,6-2)21-18)13-14-20-17-10-7-15(3)8-11-17/h7-8,10-11,16,18H,5-6,9,12-14H2,1-4H3. The molecule has 0 N–H and O–H groups in total. The third-order valence-electron chi connectivity index (χ3n) is 4.97. The quantitative estimate of drug-likeness (QED) is 0.587. The molecule has 0 radical (unpaired) electrons. The van der Waals surface area contributed by atoms with Crippen molar-refractivity contribution in [3.63, 3.8) is 0 Å². The van der Waals surface area contributed by atoms with E-state index in [0.717, 1.165) is 31.1 Å². The summed E-state index contributed by atoms with van der Waals surface area (Å²) in [5.41, 5.74) is 1.45. The number of hydrogen-bond acceptors (Lipinski definition) is 2. The van der Waals surface area contributed by atoms with Crippen molar-refractivity contribution in [3.05, 3.63) is 29.8 Å². The van der Waals surface area contributed by atoms with Crippen LogP contribution < -0.4 is 4.74 Å². The van der Waals surface area contributed by atoms with E-state index in [-0.39, 0.29) is 5.60 Å². The first kappa shape index (κ1) is 16.4. The molecule has 1 aliphatic heterocycles. The Morgan fingerprint density at radius 2 is 1.90 bits per heavy atom. The molecule has 3 unspecified atom stereocenters. The molecule has 2 rings (SSSR count). The van der Waals surface area contributed by atoms with Crippen LogP contribution >= 0.6 is 0 Å². The molecule has 118 valence electrons. The minimum absolute atomic E-state index is 0.177. The van der Waals surface area contributed by atoms with Gasteiger partial charge in [-0.3, -0.25) is 0 Å². The zero-order chi connectivity index (χ0) is 15.3. The molecule has 1 aromatic carbocycles. The van der Waals surface area contributed by atoms with Gasteiger partial charge in [-0.2, -0.15) is 0 Å². The Balaban J connectivity index is 1.65. The summed E-state index contributed by atoms with van der Waals surface area (Å²) in [6.45, 7) is 9.65. The highest BCUT2D eigenvalue weighted by atomic mass is 16.6. The third kappa shape index (κ3) is 4.74. The smallest absolute Gasteiger partial charge is 0.119 e. The van der Waals surface area contributed by atoms with Gasteiger partial charge in [-0.05, 0) is 57.6 Å². The summed E-state index contributed by atoms with van der Waals surface area (Å²) in [6, 6.07) is 8.31. The number of rotatable bonds is 9. The Bertz CT molecular complexity index is 426. The van der Waals surface area contributed by atoms with Gasteiger partial charge < -0.3 is 9.47 Å². The van der Waals surface area contributed by atoms with Crippen LogP contribution in [0, 0.1) is 12.8 Å². The molecule has 3 atom stereocenters. The average Bonchev–Trinajstić information content (AvgIpc) is 3.16. The van der Waals surface area contributed by atoms with E-state index in [1.54, 1.807) is 0 Å². The Labute approximate surface area is 129 Å². The number of epoxide rings is 1. The van der Waals surface area contributed by atoms with E-state index >= 15 is 0 Å². The molecule has 0 bridgehead atoms. The minimum Gasteiger partial charge on any atom is -0.494 e. The zero-order valence-electron chi connectivity index (χ0n) is 14.0. The van der Waals surface area contributed by atoms with Gasteiger partial charge in [-0.1, -0.05) is 38.0 Å². The summed E-state index contributed by atoms with van der Waals surface area (Å²) in [6.07, 6.45) is 6.45. The predicted molar refractivity (Wildman–Crippen MR) is 87.9 cm³/mol. The molecule has 2 heteroatoms. The van der Waals surface area contributed by atoms with Gasteiger partial charge in [0, 0.05) is 0 Å². The Hall–Kier alpha value is -1.02. The van der Waals surface area contributed by atoms with E-state index in [9.17, 15) is 0 Å². The molecule has 0 saturated carbocycles. The SMILES string of the molecule is CCC(CCOc1ccc(C)cc1)CCC1OC1(C)CC. The largest absolute Gasteiger partial charge is 0.494 e. The average molecular weight is 290 g/mol. The molecule has 0 spiro atoms. The fourth-order valence-corrected chi connectivity index (χ4v) is 2.88. The Morgan fingerprint density at radius 3 is 2.48 bits per heavy atom. The first-order chi connectivity index (χ1) is 10.1. The molecule has 0 amide bonds. The third-order valence-corrected chi connectivity index (χ3v) is 4.97. The first-order valence-electron chi connectivity index (χ1n) is 8.44. The van der Waals surface area contributed by atoms with Crippen LogP contribution in [0.1, 0.15) is 58.4 Å². The van der Waals surface area contributed by atoms with Crippen LogP contribution in [0.25, 0.3) is 0 Å². The van der Waals surface area contributed by atoms with Gasteiger partial charge in [0.15, 0.2) is 0 Å². The summed E-state index contributed by atoms with van der Waals surface area (Å²) in [7, 11) is 0. The molecule has 0 aliphatic carbocycles. The second-order valence-electron chi connectivity index (χ2n) is 6.57. The van der Waals surface area contributed by atoms with Gasteiger partial charge in [0.1, 0.15) is 5.75 Å². The molecule has 1 saturated heterocycles. The lowest BCUT2D eigenvalue weighted by Gasteiger charge is -2.15. The van der Waals surface area contributed by atoms with Gasteiger partial charge in [0.25, 0.3) is 0 Å². The minimum atomic E-state index is 0.177. The highest BCUT2D eigenvalue weighted by Gasteiger charge is 2.49. The predicted octanol–water partition coefficient (Wildman–Crippen LogP) is 5.14. The molecule has 2 nitrogen and oxygen atoms in total. The maximum absolute atomic E-state index is 5.85. The Kier molecular flexibility index (Phi) is 5.69. The van der Waals surface area contributed by atoms with Crippen LogP contribution in [0.2, 0.25) is 0 Å². The molecular weight excluding hydrogens is 260 g/mol. The molecule has 1 fully saturated rings. The lowest BCUT2D eigenvalue weighted by Crippen LogP contribution is -2.11. The van der Waals surface area contributed by atoms with Gasteiger partial charge in [-0.15, -0.1) is 0 Å². The van der Waals surface area contributed by atoms with Crippen LogP contribution in [-0.4, -0.2) is 18.3 Å². The lowest BCUT2D eigenvalue weighted by molar-refractivity contribution is 0.259. The van der Waals surface area contributed by atoms with Crippen LogP contribution in [-0.2, 0) is 4.74 Å². The fourth-order valence-electron chi connectivity index (χ4n) is 2.88. The van der Waals surface area contributed by atoms with Crippen molar-refractivity contribution in [2.75, 3.05) is 6.61 Å². The van der Waals surface area contributed by atoms with E-state index in [0.29, 0.717) is 6.10 Å². The zero-order valence-corrected chi connectivity index (χ0v) is 14.0. The van der Waals surface area contributed by atoms with Crippen LogP contribution in [0.3, 0.4) is 0 Å². The van der Waals surface area contributed by atoms with Gasteiger partial charge in [-0.25, -0.2) is 0 Å². The normalized spacial score (nSPS) is 25.6. The second-order valence-corrected chi connectivity index (χ2v) is 6.57. The highest BCUT2D eigenvalue weighted by Crippen LogP contribution is 2.42. The van der Waals surface area contributed by atoms with Crippen molar-refractivity contribution in [2.45, 2.75) is 71.5 Å².